The molecule has 0 amide bonds. The number of hydrogen-bond donors (Lipinski definition) is 0. The Morgan fingerprint density at radius 3 is 2.64 bits per heavy atom. The number of benzene rings is 1. The van der Waals surface area contributed by atoms with Gasteiger partial charge >= 0.3 is 5.97 Å². The van der Waals surface area contributed by atoms with Gasteiger partial charge in [0, 0.05) is 0 Å². The van der Waals surface area contributed by atoms with Gasteiger partial charge in [-0.3, -0.25) is 0 Å². The normalized spacial score (nSPS) is 13.4. The molecule has 0 aliphatic rings. The quantitative estimate of drug-likeness (QED) is 0.692. The van der Waals surface area contributed by atoms with Crippen molar-refractivity contribution in [3.8, 4) is 11.5 Å². The molecule has 0 aliphatic carbocycles. The molecule has 0 fully saturated rings. The Balaban J connectivity index is 3.05. The first-order valence-corrected chi connectivity index (χ1v) is 3.83. The van der Waals surface area contributed by atoms with Crippen molar-refractivity contribution in [3.05, 3.63) is 23.8 Å². The average molecular weight is 199 g/mol. The minimum absolute atomic E-state index is 0.0418. The van der Waals surface area contributed by atoms with Crippen molar-refractivity contribution < 1.29 is 23.1 Å². The summed E-state index contributed by atoms with van der Waals surface area (Å²) >= 11 is 0. The van der Waals surface area contributed by atoms with E-state index in [-0.39, 0.29) is 17.1 Å². The smallest absolute Gasteiger partial charge is 0.337 e. The second-order valence-corrected chi connectivity index (χ2v) is 2.46. The Bertz CT molecular complexity index is 415. The molecule has 0 unspecified atom stereocenters. The minimum Gasteiger partial charge on any atom is -0.493 e. The lowest BCUT2D eigenvalue weighted by Gasteiger charge is -2.08. The van der Waals surface area contributed by atoms with Gasteiger partial charge in [-0.05, 0) is 18.2 Å². The molecule has 0 saturated heterocycles. The molecule has 0 atom stereocenters. The van der Waals surface area contributed by atoms with Gasteiger partial charge in [0.05, 0.1) is 30.9 Å². The van der Waals surface area contributed by atoms with Gasteiger partial charge < -0.3 is 14.2 Å². The molecule has 14 heavy (non-hydrogen) atoms. The van der Waals surface area contributed by atoms with Gasteiger partial charge in [0.1, 0.15) is 0 Å². The summed E-state index contributed by atoms with van der Waals surface area (Å²) in [6, 6.07) is 4.10. The molecule has 0 radical (unpaired) electrons. The maximum Gasteiger partial charge on any atom is 0.337 e. The van der Waals surface area contributed by atoms with Crippen molar-refractivity contribution in [3.63, 3.8) is 0 Å². The van der Waals surface area contributed by atoms with Crippen LogP contribution in [0, 0.1) is 0 Å². The fourth-order valence-corrected chi connectivity index (χ4v) is 0.997. The molecule has 0 saturated carbocycles. The molecule has 0 aromatic heterocycles. The fraction of sp³-hybridized carbons (Fsp3) is 0.300. The molecule has 0 bridgehead atoms. The molecule has 76 valence electrons. The highest BCUT2D eigenvalue weighted by atomic mass is 16.5. The summed E-state index contributed by atoms with van der Waals surface area (Å²) in [5, 5.41) is 0. The van der Waals surface area contributed by atoms with Crippen LogP contribution in [0.5, 0.6) is 11.5 Å². The Morgan fingerprint density at radius 1 is 1.29 bits per heavy atom. The monoisotopic (exact) mass is 199 g/mol. The number of rotatable bonds is 3. The van der Waals surface area contributed by atoms with Crippen molar-refractivity contribution >= 4 is 5.97 Å². The van der Waals surface area contributed by atoms with Gasteiger partial charge in [0.25, 0.3) is 0 Å². The third kappa shape index (κ3) is 1.96. The maximum atomic E-state index is 11.2. The van der Waals surface area contributed by atoms with Crippen LogP contribution in [0.15, 0.2) is 18.2 Å². The summed E-state index contributed by atoms with van der Waals surface area (Å²) < 4.78 is 35.1. The SMILES string of the molecule is [2H]C([2H])([2H])Oc1ccc(C(=O)OC)cc1OC. The second kappa shape index (κ2) is 4.50. The summed E-state index contributed by atoms with van der Waals surface area (Å²) in [7, 11) is 0.0322. The molecule has 0 N–H and O–H groups in total. The Labute approximate surface area is 86.6 Å². The summed E-state index contributed by atoms with van der Waals surface area (Å²) in [6.45, 7) is 0. The second-order valence-electron chi connectivity index (χ2n) is 2.46. The largest absolute Gasteiger partial charge is 0.493 e. The van der Waals surface area contributed by atoms with Crippen molar-refractivity contribution in [2.24, 2.45) is 0 Å². The first-order chi connectivity index (χ1) is 7.87. The van der Waals surface area contributed by atoms with Gasteiger partial charge in [-0.1, -0.05) is 0 Å². The van der Waals surface area contributed by atoms with Crippen LogP contribution in [-0.4, -0.2) is 27.2 Å². The standard InChI is InChI=1S/C10H12O4/c1-12-8-5-4-7(10(11)14-3)6-9(8)13-2/h4-6H,1-3H3/i1D3. The molecule has 0 aliphatic heterocycles. The zero-order valence-corrected chi connectivity index (χ0v) is 7.87. The number of hydrogen-bond acceptors (Lipinski definition) is 4. The van der Waals surface area contributed by atoms with Crippen LogP contribution >= 0.6 is 0 Å². The van der Waals surface area contributed by atoms with E-state index in [1.54, 1.807) is 0 Å². The highest BCUT2D eigenvalue weighted by Gasteiger charge is 2.09. The lowest BCUT2D eigenvalue weighted by atomic mass is 10.2. The zero-order chi connectivity index (χ0) is 13.1. The van der Waals surface area contributed by atoms with Crippen LogP contribution in [0.1, 0.15) is 14.5 Å². The average Bonchev–Trinajstić information content (AvgIpc) is 2.26. The van der Waals surface area contributed by atoms with Crippen molar-refractivity contribution in [2.75, 3.05) is 21.3 Å². The van der Waals surface area contributed by atoms with Crippen LogP contribution in [0.25, 0.3) is 0 Å². The predicted molar refractivity (Wildman–Crippen MR) is 50.9 cm³/mol. The lowest BCUT2D eigenvalue weighted by Crippen LogP contribution is -2.02. The van der Waals surface area contributed by atoms with Gasteiger partial charge in [-0.25, -0.2) is 4.79 Å². The summed E-state index contributed by atoms with van der Waals surface area (Å²) in [5.41, 5.74) is 0.252. The Hall–Kier alpha value is -1.71. The van der Waals surface area contributed by atoms with Crippen LogP contribution in [0.2, 0.25) is 0 Å². The minimum atomic E-state index is -2.57. The molecule has 0 heterocycles. The molecule has 0 spiro atoms. The Kier molecular flexibility index (Phi) is 2.16. The van der Waals surface area contributed by atoms with Crippen molar-refractivity contribution in [1.82, 2.24) is 0 Å². The number of methoxy groups -OCH3 is 3. The lowest BCUT2D eigenvalue weighted by molar-refractivity contribution is 0.0600. The summed E-state index contributed by atoms with van der Waals surface area (Å²) in [6.07, 6.45) is 0. The zero-order valence-electron chi connectivity index (χ0n) is 10.9. The molecule has 4 nitrogen and oxygen atoms in total. The van der Waals surface area contributed by atoms with Crippen LogP contribution in [0.4, 0.5) is 0 Å². The van der Waals surface area contributed by atoms with Crippen LogP contribution < -0.4 is 9.47 Å². The van der Waals surface area contributed by atoms with E-state index in [1.165, 1.54) is 32.4 Å². The summed E-state index contributed by atoms with van der Waals surface area (Å²) in [4.78, 5) is 11.2. The number of carbonyl (C=O) groups excluding carboxylic acids is 1. The summed E-state index contributed by atoms with van der Waals surface area (Å²) in [5.74, 6) is -0.340. The molecular weight excluding hydrogens is 184 g/mol. The number of esters is 1. The van der Waals surface area contributed by atoms with E-state index in [1.807, 2.05) is 0 Å². The molecule has 1 rings (SSSR count). The first-order valence-electron chi connectivity index (χ1n) is 5.33. The van der Waals surface area contributed by atoms with E-state index in [9.17, 15) is 4.79 Å². The van der Waals surface area contributed by atoms with E-state index in [2.05, 4.69) is 4.74 Å². The molecule has 1 aromatic carbocycles. The van der Waals surface area contributed by atoms with Gasteiger partial charge in [-0.15, -0.1) is 0 Å². The third-order valence-electron chi connectivity index (χ3n) is 1.69. The maximum absolute atomic E-state index is 11.2. The highest BCUT2D eigenvalue weighted by Crippen LogP contribution is 2.27. The van der Waals surface area contributed by atoms with E-state index in [0.29, 0.717) is 0 Å². The van der Waals surface area contributed by atoms with E-state index < -0.39 is 13.0 Å². The first kappa shape index (κ1) is 6.70. The highest BCUT2D eigenvalue weighted by molar-refractivity contribution is 5.90. The molecule has 1 aromatic rings. The molecule has 4 heteroatoms. The predicted octanol–water partition coefficient (Wildman–Crippen LogP) is 1.49. The fourth-order valence-electron chi connectivity index (χ4n) is 0.997. The van der Waals surface area contributed by atoms with Crippen LogP contribution in [-0.2, 0) is 4.74 Å². The van der Waals surface area contributed by atoms with Crippen molar-refractivity contribution in [2.45, 2.75) is 0 Å². The van der Waals surface area contributed by atoms with Gasteiger partial charge in [0.15, 0.2) is 11.5 Å². The van der Waals surface area contributed by atoms with Gasteiger partial charge in [-0.2, -0.15) is 0 Å². The van der Waals surface area contributed by atoms with E-state index in [0.717, 1.165) is 0 Å². The van der Waals surface area contributed by atoms with E-state index >= 15 is 0 Å². The topological polar surface area (TPSA) is 44.8 Å². The van der Waals surface area contributed by atoms with Crippen LogP contribution in [0.3, 0.4) is 0 Å². The van der Waals surface area contributed by atoms with E-state index in [4.69, 9.17) is 13.6 Å². The van der Waals surface area contributed by atoms with Crippen molar-refractivity contribution in [1.29, 1.82) is 0 Å². The number of ether oxygens (including phenoxy) is 3. The Morgan fingerprint density at radius 2 is 2.07 bits per heavy atom. The third-order valence-corrected chi connectivity index (χ3v) is 1.69. The molecular formula is C10H12O4. The number of carbonyl (C=O) groups is 1. The van der Waals surface area contributed by atoms with Gasteiger partial charge in [0.2, 0.25) is 0 Å².